The molecule has 98 valence electrons. The molecule has 0 radical (unpaired) electrons. The van der Waals surface area contributed by atoms with Crippen molar-refractivity contribution < 1.29 is 19.2 Å². The van der Waals surface area contributed by atoms with Crippen molar-refractivity contribution in [2.75, 3.05) is 0 Å². The lowest BCUT2D eigenvalue weighted by atomic mass is 9.75. The molecule has 0 aromatic rings. The molecular formula is C12H21NO4. The van der Waals surface area contributed by atoms with Gasteiger partial charge < -0.3 is 9.57 Å². The minimum atomic E-state index is -1.13. The largest absolute Gasteiger partial charge is 0.454 e. The molecule has 0 heterocycles. The molecule has 3 unspecified atom stereocenters. The molecule has 5 nitrogen and oxygen atoms in total. The minimum Gasteiger partial charge on any atom is -0.454 e. The van der Waals surface area contributed by atoms with Gasteiger partial charge in [-0.1, -0.05) is 27.2 Å². The van der Waals surface area contributed by atoms with Crippen LogP contribution in [-0.4, -0.2) is 18.0 Å². The van der Waals surface area contributed by atoms with E-state index in [0.29, 0.717) is 17.8 Å². The smallest absolute Gasteiger partial charge is 0.435 e. The molecule has 0 saturated heterocycles. The molecule has 0 bridgehead atoms. The summed E-state index contributed by atoms with van der Waals surface area (Å²) in [5, 5.41) is 0. The lowest BCUT2D eigenvalue weighted by molar-refractivity contribution is -0.175. The third-order valence-corrected chi connectivity index (χ3v) is 3.49. The zero-order valence-electron chi connectivity index (χ0n) is 10.6. The fraction of sp³-hybridized carbons (Fsp3) is 0.833. The molecule has 3 atom stereocenters. The van der Waals surface area contributed by atoms with E-state index in [1.54, 1.807) is 0 Å². The monoisotopic (exact) mass is 243 g/mol. The van der Waals surface area contributed by atoms with Crippen LogP contribution in [0.1, 0.15) is 40.0 Å². The van der Waals surface area contributed by atoms with E-state index in [1.165, 1.54) is 0 Å². The first-order chi connectivity index (χ1) is 7.95. The Bertz CT molecular complexity index is 290. The number of ether oxygens (including phenoxy) is 1. The van der Waals surface area contributed by atoms with Crippen LogP contribution < -0.4 is 5.90 Å². The van der Waals surface area contributed by atoms with Gasteiger partial charge in [0.15, 0.2) is 0 Å². The molecule has 1 aliphatic carbocycles. The quantitative estimate of drug-likeness (QED) is 0.450. The van der Waals surface area contributed by atoms with Gasteiger partial charge in [0.1, 0.15) is 6.10 Å². The molecule has 17 heavy (non-hydrogen) atoms. The van der Waals surface area contributed by atoms with Gasteiger partial charge in [0.05, 0.1) is 0 Å². The van der Waals surface area contributed by atoms with Crippen LogP contribution in [0.3, 0.4) is 0 Å². The van der Waals surface area contributed by atoms with Crippen LogP contribution in [0.25, 0.3) is 0 Å². The van der Waals surface area contributed by atoms with E-state index in [0.717, 1.165) is 19.3 Å². The first-order valence-electron chi connectivity index (χ1n) is 6.07. The van der Waals surface area contributed by atoms with Gasteiger partial charge >= 0.3 is 11.9 Å². The predicted octanol–water partition coefficient (Wildman–Crippen LogP) is 1.41. The zero-order valence-corrected chi connectivity index (χ0v) is 10.6. The summed E-state index contributed by atoms with van der Waals surface area (Å²) in [6.45, 7) is 6.32. The summed E-state index contributed by atoms with van der Waals surface area (Å²) in [6, 6.07) is 0. The number of nitrogens with two attached hydrogens (primary N) is 1. The van der Waals surface area contributed by atoms with Crippen molar-refractivity contribution in [3.8, 4) is 0 Å². The van der Waals surface area contributed by atoms with E-state index in [4.69, 9.17) is 4.74 Å². The highest BCUT2D eigenvalue weighted by Crippen LogP contribution is 2.35. The second-order valence-electron chi connectivity index (χ2n) is 5.18. The maximum atomic E-state index is 11.3. The van der Waals surface area contributed by atoms with E-state index in [2.05, 4.69) is 31.5 Å². The van der Waals surface area contributed by atoms with Crippen molar-refractivity contribution in [2.24, 2.45) is 23.7 Å². The predicted molar refractivity (Wildman–Crippen MR) is 61.5 cm³/mol. The van der Waals surface area contributed by atoms with Crippen molar-refractivity contribution >= 4 is 11.9 Å². The fourth-order valence-electron chi connectivity index (χ4n) is 2.48. The number of hydrogen-bond donors (Lipinski definition) is 1. The average Bonchev–Trinajstić information content (AvgIpc) is 2.27. The maximum Gasteiger partial charge on any atom is 0.435 e. The Labute approximate surface area is 102 Å². The standard InChI is InChI=1S/C12H21NO4/c1-7(2)9-5-4-8(3)6-10(9)16-11(14)12(15)17-13/h7-10H,4-6,13H2,1-3H3. The van der Waals surface area contributed by atoms with Gasteiger partial charge in [-0.15, -0.1) is 0 Å². The molecule has 0 spiro atoms. The third-order valence-electron chi connectivity index (χ3n) is 3.49. The summed E-state index contributed by atoms with van der Waals surface area (Å²) in [7, 11) is 0. The van der Waals surface area contributed by atoms with Crippen LogP contribution in [-0.2, 0) is 19.2 Å². The Morgan fingerprint density at radius 1 is 1.24 bits per heavy atom. The normalized spacial score (nSPS) is 28.9. The molecule has 1 aliphatic rings. The topological polar surface area (TPSA) is 78.6 Å². The Morgan fingerprint density at radius 2 is 1.88 bits per heavy atom. The van der Waals surface area contributed by atoms with Crippen molar-refractivity contribution in [2.45, 2.75) is 46.1 Å². The molecule has 0 amide bonds. The summed E-state index contributed by atoms with van der Waals surface area (Å²) in [6.07, 6.45) is 2.75. The molecule has 5 heteroatoms. The van der Waals surface area contributed by atoms with Gasteiger partial charge in [0, 0.05) is 0 Å². The minimum absolute atomic E-state index is 0.203. The summed E-state index contributed by atoms with van der Waals surface area (Å²) >= 11 is 0. The van der Waals surface area contributed by atoms with Gasteiger partial charge in [0.25, 0.3) is 0 Å². The molecule has 1 rings (SSSR count). The highest BCUT2D eigenvalue weighted by atomic mass is 16.7. The van der Waals surface area contributed by atoms with Crippen LogP contribution in [0.4, 0.5) is 0 Å². The molecule has 0 aliphatic heterocycles. The molecule has 0 aromatic heterocycles. The lowest BCUT2D eigenvalue weighted by Crippen LogP contribution is -2.38. The van der Waals surface area contributed by atoms with Crippen molar-refractivity contribution in [3.05, 3.63) is 0 Å². The van der Waals surface area contributed by atoms with Crippen LogP contribution >= 0.6 is 0 Å². The molecule has 2 N–H and O–H groups in total. The highest BCUT2D eigenvalue weighted by molar-refractivity contribution is 6.29. The van der Waals surface area contributed by atoms with Gasteiger partial charge in [0.2, 0.25) is 0 Å². The highest BCUT2D eigenvalue weighted by Gasteiger charge is 2.34. The Balaban J connectivity index is 2.63. The zero-order chi connectivity index (χ0) is 13.0. The fourth-order valence-corrected chi connectivity index (χ4v) is 2.48. The third kappa shape index (κ3) is 3.70. The summed E-state index contributed by atoms with van der Waals surface area (Å²) in [5.41, 5.74) is 0. The van der Waals surface area contributed by atoms with Crippen LogP contribution in [0.2, 0.25) is 0 Å². The number of esters is 1. The Morgan fingerprint density at radius 3 is 2.41 bits per heavy atom. The lowest BCUT2D eigenvalue weighted by Gasteiger charge is -2.36. The summed E-state index contributed by atoms with van der Waals surface area (Å²) in [4.78, 5) is 26.1. The summed E-state index contributed by atoms with van der Waals surface area (Å²) < 4.78 is 5.19. The van der Waals surface area contributed by atoms with Crippen molar-refractivity contribution in [3.63, 3.8) is 0 Å². The SMILES string of the molecule is CC1CCC(C(C)C)C(OC(=O)C(=O)ON)C1. The van der Waals surface area contributed by atoms with Gasteiger partial charge in [-0.05, 0) is 30.6 Å². The van der Waals surface area contributed by atoms with Gasteiger partial charge in [-0.25, -0.2) is 9.59 Å². The van der Waals surface area contributed by atoms with Gasteiger partial charge in [-0.2, -0.15) is 5.90 Å². The van der Waals surface area contributed by atoms with E-state index in [-0.39, 0.29) is 6.10 Å². The first-order valence-corrected chi connectivity index (χ1v) is 6.07. The molecular weight excluding hydrogens is 222 g/mol. The number of carbonyl (C=O) groups excluding carboxylic acids is 2. The number of hydrogen-bond acceptors (Lipinski definition) is 5. The van der Waals surface area contributed by atoms with E-state index >= 15 is 0 Å². The molecule has 0 aromatic carbocycles. The summed E-state index contributed by atoms with van der Waals surface area (Å²) in [5.74, 6) is 3.77. The Hall–Kier alpha value is -1.10. The second kappa shape index (κ2) is 6.00. The van der Waals surface area contributed by atoms with E-state index in [1.807, 2.05) is 0 Å². The number of rotatable bonds is 2. The van der Waals surface area contributed by atoms with E-state index < -0.39 is 11.9 Å². The van der Waals surface area contributed by atoms with Crippen LogP contribution in [0.5, 0.6) is 0 Å². The Kier molecular flexibility index (Phi) is 4.93. The first kappa shape index (κ1) is 14.0. The average molecular weight is 243 g/mol. The number of carbonyl (C=O) groups is 2. The molecule has 1 saturated carbocycles. The van der Waals surface area contributed by atoms with Gasteiger partial charge in [-0.3, -0.25) is 0 Å². The maximum absolute atomic E-state index is 11.3. The second-order valence-corrected chi connectivity index (χ2v) is 5.18. The van der Waals surface area contributed by atoms with Crippen molar-refractivity contribution in [1.82, 2.24) is 0 Å². The molecule has 1 fully saturated rings. The van der Waals surface area contributed by atoms with E-state index in [9.17, 15) is 9.59 Å². The van der Waals surface area contributed by atoms with Crippen molar-refractivity contribution in [1.29, 1.82) is 0 Å². The van der Waals surface area contributed by atoms with Crippen LogP contribution in [0, 0.1) is 17.8 Å². The van der Waals surface area contributed by atoms with Crippen LogP contribution in [0.15, 0.2) is 0 Å².